The van der Waals surface area contributed by atoms with Crippen molar-refractivity contribution in [1.82, 2.24) is 4.90 Å². The van der Waals surface area contributed by atoms with Crippen molar-refractivity contribution in [2.45, 2.75) is 6.92 Å². The van der Waals surface area contributed by atoms with Crippen LogP contribution in [0.3, 0.4) is 0 Å². The van der Waals surface area contributed by atoms with E-state index < -0.39 is 12.5 Å². The Bertz CT molecular complexity index is 650. The number of thioether (sulfide) groups is 1. The maximum Gasteiger partial charge on any atom is 0.323 e. The van der Waals surface area contributed by atoms with Crippen LogP contribution in [0.5, 0.6) is 0 Å². The lowest BCUT2D eigenvalue weighted by molar-refractivity contribution is -0.140. The Kier molecular flexibility index (Phi) is 4.93. The molecule has 1 aromatic carbocycles. The summed E-state index contributed by atoms with van der Waals surface area (Å²) >= 11 is 6.15. The molecule has 0 aromatic heterocycles. The van der Waals surface area contributed by atoms with Crippen molar-refractivity contribution >= 4 is 45.7 Å². The van der Waals surface area contributed by atoms with E-state index in [1.807, 2.05) is 43.3 Å². The molecule has 1 saturated heterocycles. The van der Waals surface area contributed by atoms with E-state index in [1.165, 1.54) is 0 Å². The quantitative estimate of drug-likeness (QED) is 0.683. The summed E-state index contributed by atoms with van der Waals surface area (Å²) in [5.41, 5.74) is 2.08. The zero-order valence-electron chi connectivity index (χ0n) is 11.3. The molecule has 1 fully saturated rings. The van der Waals surface area contributed by atoms with Crippen LogP contribution in [0.25, 0.3) is 5.57 Å². The summed E-state index contributed by atoms with van der Waals surface area (Å²) in [7, 11) is 0. The fourth-order valence-corrected chi connectivity index (χ4v) is 2.98. The van der Waals surface area contributed by atoms with E-state index in [0.717, 1.165) is 27.8 Å². The van der Waals surface area contributed by atoms with Crippen molar-refractivity contribution in [2.75, 3.05) is 6.54 Å². The van der Waals surface area contributed by atoms with Crippen molar-refractivity contribution in [3.05, 3.63) is 53.0 Å². The first kappa shape index (κ1) is 15.5. The average Bonchev–Trinajstić information content (AvgIpc) is 2.73. The molecule has 1 aromatic rings. The van der Waals surface area contributed by atoms with Gasteiger partial charge in [0.1, 0.15) is 10.9 Å². The minimum absolute atomic E-state index is 0.277. The molecule has 21 heavy (non-hydrogen) atoms. The molecular weight excluding hydrogens is 306 g/mol. The van der Waals surface area contributed by atoms with E-state index in [2.05, 4.69) is 0 Å². The number of carbonyl (C=O) groups excluding carboxylic acids is 1. The number of rotatable bonds is 4. The highest BCUT2D eigenvalue weighted by atomic mass is 32.2. The van der Waals surface area contributed by atoms with Gasteiger partial charge in [0.15, 0.2) is 0 Å². The molecule has 0 atom stereocenters. The maximum absolute atomic E-state index is 12.1. The van der Waals surface area contributed by atoms with Crippen molar-refractivity contribution in [3.8, 4) is 0 Å². The monoisotopic (exact) mass is 319 g/mol. The molecular formula is C15H13NO3S2. The van der Waals surface area contributed by atoms with E-state index in [1.54, 1.807) is 6.08 Å². The predicted octanol–water partition coefficient (Wildman–Crippen LogP) is 2.92. The van der Waals surface area contributed by atoms with Crippen LogP contribution in [0, 0.1) is 0 Å². The summed E-state index contributed by atoms with van der Waals surface area (Å²) in [6.07, 6.45) is 3.52. The topological polar surface area (TPSA) is 57.6 Å². The molecule has 1 N–H and O–H groups in total. The summed E-state index contributed by atoms with van der Waals surface area (Å²) < 4.78 is 0.277. The third-order valence-electron chi connectivity index (χ3n) is 2.88. The van der Waals surface area contributed by atoms with E-state index in [-0.39, 0.29) is 10.2 Å². The summed E-state index contributed by atoms with van der Waals surface area (Å²) in [5.74, 6) is -1.44. The molecule has 4 nitrogen and oxygen atoms in total. The number of carbonyl (C=O) groups is 2. The number of hydrogen-bond donors (Lipinski definition) is 1. The highest BCUT2D eigenvalue weighted by molar-refractivity contribution is 8.26. The van der Waals surface area contributed by atoms with E-state index in [4.69, 9.17) is 17.3 Å². The fraction of sp³-hybridized carbons (Fsp3) is 0.133. The second kappa shape index (κ2) is 6.69. The van der Waals surface area contributed by atoms with E-state index in [9.17, 15) is 9.59 Å². The van der Waals surface area contributed by atoms with Crippen LogP contribution in [0.4, 0.5) is 0 Å². The van der Waals surface area contributed by atoms with Gasteiger partial charge in [0.05, 0.1) is 4.91 Å². The first-order chi connectivity index (χ1) is 9.99. The molecule has 1 aliphatic rings. The minimum atomic E-state index is -1.08. The summed E-state index contributed by atoms with van der Waals surface area (Å²) in [6, 6.07) is 9.79. The Hall–Kier alpha value is -1.92. The fourth-order valence-electron chi connectivity index (χ4n) is 1.78. The van der Waals surface area contributed by atoms with Gasteiger partial charge >= 0.3 is 5.97 Å². The molecule has 0 saturated carbocycles. The van der Waals surface area contributed by atoms with Gasteiger partial charge in [-0.1, -0.05) is 60.4 Å². The van der Waals surface area contributed by atoms with Crippen LogP contribution >= 0.6 is 24.0 Å². The van der Waals surface area contributed by atoms with Crippen molar-refractivity contribution in [2.24, 2.45) is 0 Å². The van der Waals surface area contributed by atoms with Crippen LogP contribution in [-0.4, -0.2) is 32.7 Å². The molecule has 0 radical (unpaired) electrons. The average molecular weight is 319 g/mol. The second-order valence-corrected chi connectivity index (χ2v) is 6.08. The highest BCUT2D eigenvalue weighted by Gasteiger charge is 2.32. The SMILES string of the molecule is C/C(=C/C=C1/SC(=S)N(CC(=O)O)C1=O)c1ccccc1. The zero-order valence-corrected chi connectivity index (χ0v) is 12.9. The van der Waals surface area contributed by atoms with E-state index >= 15 is 0 Å². The van der Waals surface area contributed by atoms with Gasteiger partial charge in [-0.25, -0.2) is 0 Å². The predicted molar refractivity (Wildman–Crippen MR) is 87.7 cm³/mol. The molecule has 0 bridgehead atoms. The van der Waals surface area contributed by atoms with Crippen LogP contribution in [-0.2, 0) is 9.59 Å². The Morgan fingerprint density at radius 3 is 2.67 bits per heavy atom. The Morgan fingerprint density at radius 1 is 1.38 bits per heavy atom. The lowest BCUT2D eigenvalue weighted by Gasteiger charge is -2.09. The molecule has 2 rings (SSSR count). The normalized spacial score (nSPS) is 17.7. The molecule has 1 aliphatic heterocycles. The lowest BCUT2D eigenvalue weighted by Crippen LogP contribution is -2.33. The first-order valence-corrected chi connectivity index (χ1v) is 7.41. The minimum Gasteiger partial charge on any atom is -0.480 e. The van der Waals surface area contributed by atoms with Crippen LogP contribution in [0.15, 0.2) is 47.4 Å². The summed E-state index contributed by atoms with van der Waals surface area (Å²) in [5, 5.41) is 8.77. The number of hydrogen-bond acceptors (Lipinski definition) is 4. The Morgan fingerprint density at radius 2 is 2.05 bits per heavy atom. The van der Waals surface area contributed by atoms with E-state index in [0.29, 0.717) is 4.91 Å². The molecule has 0 spiro atoms. The van der Waals surface area contributed by atoms with Crippen LogP contribution in [0.1, 0.15) is 12.5 Å². The summed E-state index contributed by atoms with van der Waals surface area (Å²) in [6.45, 7) is 1.55. The van der Waals surface area contributed by atoms with Crippen LogP contribution < -0.4 is 0 Å². The number of aliphatic carboxylic acids is 1. The number of allylic oxidation sites excluding steroid dienone is 3. The van der Waals surface area contributed by atoms with Gasteiger partial charge in [0, 0.05) is 0 Å². The molecule has 0 aliphatic carbocycles. The number of carboxylic acid groups (broad SMARTS) is 1. The van der Waals surface area contributed by atoms with Gasteiger partial charge in [-0.3, -0.25) is 14.5 Å². The zero-order chi connectivity index (χ0) is 15.4. The smallest absolute Gasteiger partial charge is 0.323 e. The molecule has 1 heterocycles. The van der Waals surface area contributed by atoms with Crippen molar-refractivity contribution in [1.29, 1.82) is 0 Å². The van der Waals surface area contributed by atoms with Gasteiger partial charge in [-0.2, -0.15) is 0 Å². The third kappa shape index (κ3) is 3.80. The number of carboxylic acids is 1. The first-order valence-electron chi connectivity index (χ1n) is 6.18. The van der Waals surface area contributed by atoms with Gasteiger partial charge in [0.25, 0.3) is 5.91 Å². The molecule has 0 unspecified atom stereocenters. The Balaban J connectivity index is 2.17. The number of amides is 1. The van der Waals surface area contributed by atoms with Gasteiger partial charge in [-0.05, 0) is 24.1 Å². The number of nitrogens with zero attached hydrogens (tertiary/aromatic N) is 1. The Labute approximate surface area is 132 Å². The molecule has 108 valence electrons. The van der Waals surface area contributed by atoms with Gasteiger partial charge < -0.3 is 5.11 Å². The van der Waals surface area contributed by atoms with Crippen molar-refractivity contribution < 1.29 is 14.7 Å². The standard InChI is InChI=1S/C15H13NO3S2/c1-10(11-5-3-2-4-6-11)7-8-12-14(19)16(9-13(17)18)15(20)21-12/h2-8H,9H2,1H3,(H,17,18)/b10-7-,12-8+. The number of benzene rings is 1. The highest BCUT2D eigenvalue weighted by Crippen LogP contribution is 2.31. The third-order valence-corrected chi connectivity index (χ3v) is 4.28. The van der Waals surface area contributed by atoms with Crippen LogP contribution in [0.2, 0.25) is 0 Å². The maximum atomic E-state index is 12.1. The number of thiocarbonyl (C=S) groups is 1. The summed E-state index contributed by atoms with van der Waals surface area (Å²) in [4.78, 5) is 24.3. The molecule has 1 amide bonds. The second-order valence-electron chi connectivity index (χ2n) is 4.40. The largest absolute Gasteiger partial charge is 0.480 e. The lowest BCUT2D eigenvalue weighted by atomic mass is 10.1. The van der Waals surface area contributed by atoms with Gasteiger partial charge in [-0.15, -0.1) is 0 Å². The van der Waals surface area contributed by atoms with Crippen molar-refractivity contribution in [3.63, 3.8) is 0 Å². The van der Waals surface area contributed by atoms with Gasteiger partial charge in [0.2, 0.25) is 0 Å². The molecule has 6 heteroatoms.